The van der Waals surface area contributed by atoms with Gasteiger partial charge in [0.2, 0.25) is 5.91 Å². The second kappa shape index (κ2) is 7.75. The van der Waals surface area contributed by atoms with Crippen LogP contribution in [0.4, 0.5) is 5.69 Å². The van der Waals surface area contributed by atoms with E-state index in [1.165, 1.54) is 11.3 Å². The Kier molecular flexibility index (Phi) is 5.04. The van der Waals surface area contributed by atoms with Crippen LogP contribution < -0.4 is 4.90 Å². The lowest BCUT2D eigenvalue weighted by Gasteiger charge is -2.28. The Labute approximate surface area is 181 Å². The molecule has 0 unspecified atom stereocenters. The van der Waals surface area contributed by atoms with Crippen molar-refractivity contribution in [2.24, 2.45) is 11.3 Å². The number of carbonyl (C=O) groups excluding carboxylic acids is 1. The van der Waals surface area contributed by atoms with Crippen LogP contribution in [-0.2, 0) is 22.4 Å². The molecule has 164 valence electrons. The fourth-order valence-corrected chi connectivity index (χ4v) is 4.70. The molecule has 0 atom stereocenters. The number of fused-ring (bicyclic) bond motifs is 2. The minimum Gasteiger partial charge on any atom is -0.381 e. The van der Waals surface area contributed by atoms with Crippen LogP contribution in [-0.4, -0.2) is 51.3 Å². The van der Waals surface area contributed by atoms with Crippen molar-refractivity contribution < 1.29 is 9.53 Å². The van der Waals surface area contributed by atoms with Crippen molar-refractivity contribution in [2.45, 2.75) is 52.4 Å². The van der Waals surface area contributed by atoms with Gasteiger partial charge in [-0.25, -0.2) is 9.97 Å². The number of hydrogen-bond donors (Lipinski definition) is 2. The van der Waals surface area contributed by atoms with Gasteiger partial charge in [0.15, 0.2) is 11.5 Å². The van der Waals surface area contributed by atoms with Crippen molar-refractivity contribution in [2.75, 3.05) is 25.2 Å². The molecule has 8 heteroatoms. The van der Waals surface area contributed by atoms with Crippen molar-refractivity contribution in [1.29, 1.82) is 0 Å². The SMILES string of the molecule is CN(C(=O)CC1CCOCC1)c1cnc2[nH]c(-c3n[nH]c4c3CCC(C)(C)C4)nc2c1. The van der Waals surface area contributed by atoms with Crippen molar-refractivity contribution >= 4 is 22.8 Å². The molecule has 1 fully saturated rings. The van der Waals surface area contributed by atoms with Crippen LogP contribution in [0.25, 0.3) is 22.7 Å². The molecule has 0 saturated carbocycles. The molecule has 4 heterocycles. The highest BCUT2D eigenvalue weighted by Gasteiger charge is 2.30. The van der Waals surface area contributed by atoms with E-state index in [9.17, 15) is 4.79 Å². The summed E-state index contributed by atoms with van der Waals surface area (Å²) >= 11 is 0. The maximum Gasteiger partial charge on any atom is 0.227 e. The topological polar surface area (TPSA) is 99.8 Å². The summed E-state index contributed by atoms with van der Waals surface area (Å²) in [5.74, 6) is 1.23. The van der Waals surface area contributed by atoms with Crippen LogP contribution in [0, 0.1) is 11.3 Å². The smallest absolute Gasteiger partial charge is 0.227 e. The Morgan fingerprint density at radius 3 is 2.94 bits per heavy atom. The number of aromatic amines is 2. The maximum atomic E-state index is 12.8. The molecule has 2 N–H and O–H groups in total. The number of pyridine rings is 1. The maximum absolute atomic E-state index is 12.8. The summed E-state index contributed by atoms with van der Waals surface area (Å²) in [5.41, 5.74) is 5.84. The molecule has 0 spiro atoms. The number of aromatic nitrogens is 5. The molecule has 2 aliphatic rings. The van der Waals surface area contributed by atoms with Gasteiger partial charge in [-0.15, -0.1) is 0 Å². The first kappa shape index (κ1) is 20.2. The van der Waals surface area contributed by atoms with E-state index < -0.39 is 0 Å². The first-order valence-corrected chi connectivity index (χ1v) is 11.2. The number of nitrogens with zero attached hydrogens (tertiary/aromatic N) is 4. The standard InChI is InChI=1S/C23H30N6O2/c1-23(2)7-4-16-18(12-23)27-28-20(16)22-25-17-11-15(13-24-21(17)26-22)29(3)19(30)10-14-5-8-31-9-6-14/h11,13-14H,4-10,12H2,1-3H3,(H,27,28)(H,24,25,26). The second-order valence-corrected chi connectivity index (χ2v) is 9.73. The molecule has 31 heavy (non-hydrogen) atoms. The molecule has 1 aliphatic carbocycles. The fourth-order valence-electron chi connectivity index (χ4n) is 4.70. The number of ether oxygens (including phenoxy) is 1. The molecule has 1 amide bonds. The van der Waals surface area contributed by atoms with Crippen LogP contribution in [0.2, 0.25) is 0 Å². The molecular formula is C23H30N6O2. The summed E-state index contributed by atoms with van der Waals surface area (Å²) in [4.78, 5) is 27.1. The number of nitrogens with one attached hydrogen (secondary N) is 2. The highest BCUT2D eigenvalue weighted by atomic mass is 16.5. The molecule has 5 rings (SSSR count). The number of amides is 1. The summed E-state index contributed by atoms with van der Waals surface area (Å²) in [5, 5.41) is 7.77. The van der Waals surface area contributed by atoms with E-state index in [0.717, 1.165) is 68.0 Å². The molecule has 3 aromatic rings. The highest BCUT2D eigenvalue weighted by Crippen LogP contribution is 2.37. The van der Waals surface area contributed by atoms with Gasteiger partial charge in [0.25, 0.3) is 0 Å². The van der Waals surface area contributed by atoms with Crippen molar-refractivity contribution in [3.63, 3.8) is 0 Å². The van der Waals surface area contributed by atoms with Gasteiger partial charge in [-0.05, 0) is 49.5 Å². The lowest BCUT2D eigenvalue weighted by Crippen LogP contribution is -2.30. The third-order valence-electron chi connectivity index (χ3n) is 6.77. The van der Waals surface area contributed by atoms with E-state index in [1.54, 1.807) is 11.1 Å². The largest absolute Gasteiger partial charge is 0.381 e. The fraction of sp³-hybridized carbons (Fsp3) is 0.565. The zero-order valence-corrected chi connectivity index (χ0v) is 18.5. The summed E-state index contributed by atoms with van der Waals surface area (Å²) in [6.07, 6.45) is 7.30. The molecule has 0 aromatic carbocycles. The van der Waals surface area contributed by atoms with Gasteiger partial charge >= 0.3 is 0 Å². The van der Waals surface area contributed by atoms with E-state index in [4.69, 9.17) is 9.72 Å². The number of H-pyrrole nitrogens is 2. The Bertz CT molecular complexity index is 1110. The second-order valence-electron chi connectivity index (χ2n) is 9.73. The Balaban J connectivity index is 1.37. The number of hydrogen-bond acceptors (Lipinski definition) is 5. The predicted octanol–water partition coefficient (Wildman–Crippen LogP) is 3.64. The lowest BCUT2D eigenvalue weighted by atomic mass is 9.76. The van der Waals surface area contributed by atoms with Crippen LogP contribution in [0.3, 0.4) is 0 Å². The van der Waals surface area contributed by atoms with E-state index in [2.05, 4.69) is 34.0 Å². The van der Waals surface area contributed by atoms with Gasteiger partial charge in [0.1, 0.15) is 11.2 Å². The van der Waals surface area contributed by atoms with Gasteiger partial charge in [-0.1, -0.05) is 13.8 Å². The third kappa shape index (κ3) is 3.96. The summed E-state index contributed by atoms with van der Waals surface area (Å²) < 4.78 is 5.40. The first-order chi connectivity index (χ1) is 14.9. The molecule has 0 radical (unpaired) electrons. The van der Waals surface area contributed by atoms with Crippen LogP contribution in [0.15, 0.2) is 12.3 Å². The molecule has 1 saturated heterocycles. The van der Waals surface area contributed by atoms with E-state index in [1.807, 2.05) is 13.1 Å². The van der Waals surface area contributed by atoms with Crippen LogP contribution in [0.1, 0.15) is 50.8 Å². The Morgan fingerprint density at radius 1 is 1.32 bits per heavy atom. The summed E-state index contributed by atoms with van der Waals surface area (Å²) in [6.45, 7) is 6.09. The number of imidazole rings is 1. The molecular weight excluding hydrogens is 392 g/mol. The molecule has 3 aromatic heterocycles. The highest BCUT2D eigenvalue weighted by molar-refractivity contribution is 5.94. The zero-order valence-electron chi connectivity index (χ0n) is 18.5. The van der Waals surface area contributed by atoms with Crippen molar-refractivity contribution in [3.05, 3.63) is 23.5 Å². The Hall–Kier alpha value is -2.74. The van der Waals surface area contributed by atoms with E-state index in [0.29, 0.717) is 23.4 Å². The average molecular weight is 423 g/mol. The zero-order chi connectivity index (χ0) is 21.6. The third-order valence-corrected chi connectivity index (χ3v) is 6.77. The quantitative estimate of drug-likeness (QED) is 0.669. The summed E-state index contributed by atoms with van der Waals surface area (Å²) in [6, 6.07) is 1.92. The lowest BCUT2D eigenvalue weighted by molar-refractivity contribution is -0.119. The van der Waals surface area contributed by atoms with Gasteiger partial charge in [0.05, 0.1) is 11.9 Å². The average Bonchev–Trinajstić information content (AvgIpc) is 3.35. The van der Waals surface area contributed by atoms with Crippen molar-refractivity contribution in [3.8, 4) is 11.5 Å². The van der Waals surface area contributed by atoms with Gasteiger partial charge in [-0.3, -0.25) is 9.89 Å². The molecule has 0 bridgehead atoms. The molecule has 8 nitrogen and oxygen atoms in total. The first-order valence-electron chi connectivity index (χ1n) is 11.2. The normalized spacial score (nSPS) is 18.8. The van der Waals surface area contributed by atoms with Crippen LogP contribution >= 0.6 is 0 Å². The summed E-state index contributed by atoms with van der Waals surface area (Å²) in [7, 11) is 1.81. The monoisotopic (exact) mass is 422 g/mol. The Morgan fingerprint density at radius 2 is 2.13 bits per heavy atom. The number of anilines is 1. The van der Waals surface area contributed by atoms with E-state index in [-0.39, 0.29) is 5.91 Å². The minimum atomic E-state index is 0.104. The van der Waals surface area contributed by atoms with E-state index >= 15 is 0 Å². The predicted molar refractivity (Wildman–Crippen MR) is 119 cm³/mol. The number of carbonyl (C=O) groups is 1. The van der Waals surface area contributed by atoms with Gasteiger partial charge in [0, 0.05) is 37.9 Å². The van der Waals surface area contributed by atoms with Gasteiger partial charge < -0.3 is 14.6 Å². The van der Waals surface area contributed by atoms with Crippen LogP contribution in [0.5, 0.6) is 0 Å². The minimum absolute atomic E-state index is 0.104. The van der Waals surface area contributed by atoms with Crippen molar-refractivity contribution in [1.82, 2.24) is 25.1 Å². The molecule has 1 aliphatic heterocycles. The number of rotatable bonds is 4. The van der Waals surface area contributed by atoms with Gasteiger partial charge in [-0.2, -0.15) is 5.10 Å².